The van der Waals surface area contributed by atoms with Gasteiger partial charge in [-0.25, -0.2) is 4.98 Å². The van der Waals surface area contributed by atoms with E-state index < -0.39 is 0 Å². The van der Waals surface area contributed by atoms with Gasteiger partial charge in [-0.3, -0.25) is 0 Å². The van der Waals surface area contributed by atoms with Crippen molar-refractivity contribution in [1.82, 2.24) is 15.0 Å². The minimum absolute atomic E-state index is 0.283. The van der Waals surface area contributed by atoms with Crippen LogP contribution >= 0.6 is 0 Å². The first-order valence-electron chi connectivity index (χ1n) is 5.27. The molecule has 16 heavy (non-hydrogen) atoms. The summed E-state index contributed by atoms with van der Waals surface area (Å²) in [7, 11) is 0. The number of nitrogens with zero attached hydrogens (tertiary/aromatic N) is 3. The van der Waals surface area contributed by atoms with Crippen molar-refractivity contribution in [2.45, 2.75) is 20.3 Å². The predicted octanol–water partition coefficient (Wildman–Crippen LogP) is 1.99. The number of anilines is 1. The Morgan fingerprint density at radius 2 is 1.88 bits per heavy atom. The Hall–Kier alpha value is -1.97. The molecular weight excluding hydrogens is 200 g/mol. The van der Waals surface area contributed by atoms with Crippen molar-refractivity contribution in [3.8, 4) is 11.4 Å². The number of aromatic nitrogens is 3. The van der Waals surface area contributed by atoms with Gasteiger partial charge in [0.15, 0.2) is 5.82 Å². The number of benzene rings is 1. The molecule has 2 rings (SSSR count). The van der Waals surface area contributed by atoms with Crippen LogP contribution in [0.1, 0.15) is 18.3 Å². The van der Waals surface area contributed by atoms with Gasteiger partial charge in [-0.2, -0.15) is 9.97 Å². The van der Waals surface area contributed by atoms with Crippen LogP contribution in [0.25, 0.3) is 11.4 Å². The molecule has 0 atom stereocenters. The fourth-order valence-electron chi connectivity index (χ4n) is 1.54. The number of nitrogen functional groups attached to an aromatic ring is 1. The van der Waals surface area contributed by atoms with Crippen molar-refractivity contribution in [3.05, 3.63) is 35.7 Å². The van der Waals surface area contributed by atoms with Crippen molar-refractivity contribution in [3.63, 3.8) is 0 Å². The van der Waals surface area contributed by atoms with Crippen LogP contribution in [0.2, 0.25) is 0 Å². The summed E-state index contributed by atoms with van der Waals surface area (Å²) in [6.45, 7) is 4.03. The van der Waals surface area contributed by atoms with E-state index in [0.29, 0.717) is 5.82 Å². The molecule has 0 radical (unpaired) electrons. The smallest absolute Gasteiger partial charge is 0.223 e. The molecule has 0 aliphatic carbocycles. The highest BCUT2D eigenvalue weighted by molar-refractivity contribution is 5.60. The van der Waals surface area contributed by atoms with Gasteiger partial charge < -0.3 is 5.73 Å². The highest BCUT2D eigenvalue weighted by atomic mass is 15.1. The molecule has 2 aromatic rings. The SMILES string of the molecule is CCc1nc(N)nc(-c2ccccc2C)n1. The Balaban J connectivity index is 2.56. The summed E-state index contributed by atoms with van der Waals surface area (Å²) in [5.41, 5.74) is 7.80. The Labute approximate surface area is 94.6 Å². The number of hydrogen-bond acceptors (Lipinski definition) is 4. The second kappa shape index (κ2) is 4.26. The van der Waals surface area contributed by atoms with Gasteiger partial charge in [0.25, 0.3) is 0 Å². The number of nitrogens with two attached hydrogens (primary N) is 1. The van der Waals surface area contributed by atoms with E-state index in [1.165, 1.54) is 0 Å². The Morgan fingerprint density at radius 1 is 1.12 bits per heavy atom. The van der Waals surface area contributed by atoms with E-state index in [1.54, 1.807) is 0 Å². The van der Waals surface area contributed by atoms with Crippen molar-refractivity contribution in [1.29, 1.82) is 0 Å². The van der Waals surface area contributed by atoms with Crippen molar-refractivity contribution >= 4 is 5.95 Å². The van der Waals surface area contributed by atoms with E-state index in [2.05, 4.69) is 15.0 Å². The lowest BCUT2D eigenvalue weighted by Gasteiger charge is -2.05. The largest absolute Gasteiger partial charge is 0.368 e. The van der Waals surface area contributed by atoms with E-state index in [9.17, 15) is 0 Å². The van der Waals surface area contributed by atoms with Gasteiger partial charge in [0, 0.05) is 12.0 Å². The fraction of sp³-hybridized carbons (Fsp3) is 0.250. The molecular formula is C12H14N4. The summed E-state index contributed by atoms with van der Waals surface area (Å²) in [5.74, 6) is 1.67. The van der Waals surface area contributed by atoms with Gasteiger partial charge in [0.1, 0.15) is 5.82 Å². The van der Waals surface area contributed by atoms with E-state index in [1.807, 2.05) is 38.1 Å². The van der Waals surface area contributed by atoms with Gasteiger partial charge in [0.05, 0.1) is 0 Å². The summed E-state index contributed by atoms with van der Waals surface area (Å²) in [6.07, 6.45) is 0.756. The maximum atomic E-state index is 5.66. The Morgan fingerprint density at radius 3 is 2.56 bits per heavy atom. The minimum atomic E-state index is 0.283. The molecule has 0 unspecified atom stereocenters. The van der Waals surface area contributed by atoms with E-state index in [0.717, 1.165) is 23.4 Å². The highest BCUT2D eigenvalue weighted by Gasteiger charge is 2.07. The first-order chi connectivity index (χ1) is 7.70. The summed E-state index contributed by atoms with van der Waals surface area (Å²) < 4.78 is 0. The van der Waals surface area contributed by atoms with E-state index >= 15 is 0 Å². The second-order valence-electron chi connectivity index (χ2n) is 3.60. The van der Waals surface area contributed by atoms with Gasteiger partial charge in [-0.15, -0.1) is 0 Å². The number of hydrogen-bond donors (Lipinski definition) is 1. The molecule has 1 aromatic heterocycles. The minimum Gasteiger partial charge on any atom is -0.368 e. The Kier molecular flexibility index (Phi) is 2.81. The maximum absolute atomic E-state index is 5.66. The number of aryl methyl sites for hydroxylation is 2. The van der Waals surface area contributed by atoms with Crippen LogP contribution < -0.4 is 5.73 Å². The molecule has 0 fully saturated rings. The van der Waals surface area contributed by atoms with Crippen molar-refractivity contribution < 1.29 is 0 Å². The third-order valence-corrected chi connectivity index (χ3v) is 2.40. The van der Waals surface area contributed by atoms with E-state index in [4.69, 9.17) is 5.73 Å². The zero-order valence-corrected chi connectivity index (χ0v) is 9.44. The maximum Gasteiger partial charge on any atom is 0.223 e. The molecule has 4 nitrogen and oxygen atoms in total. The molecule has 0 aliphatic heterocycles. The third kappa shape index (κ3) is 2.00. The second-order valence-corrected chi connectivity index (χ2v) is 3.60. The first kappa shape index (κ1) is 10.5. The predicted molar refractivity (Wildman–Crippen MR) is 63.8 cm³/mol. The summed E-state index contributed by atoms with van der Waals surface area (Å²) in [5, 5.41) is 0. The third-order valence-electron chi connectivity index (χ3n) is 2.40. The standard InChI is InChI=1S/C12H14N4/c1-3-10-14-11(16-12(13)15-10)9-7-5-4-6-8(9)2/h4-7H,3H2,1-2H3,(H2,13,14,15,16). The molecule has 0 amide bonds. The first-order valence-corrected chi connectivity index (χ1v) is 5.27. The lowest BCUT2D eigenvalue weighted by atomic mass is 10.1. The topological polar surface area (TPSA) is 64.7 Å². The lowest BCUT2D eigenvalue weighted by molar-refractivity contribution is 0.912. The summed E-state index contributed by atoms with van der Waals surface area (Å²) in [6, 6.07) is 7.97. The Bertz CT molecular complexity index is 508. The highest BCUT2D eigenvalue weighted by Crippen LogP contribution is 2.19. The molecule has 0 saturated heterocycles. The molecule has 4 heteroatoms. The monoisotopic (exact) mass is 214 g/mol. The summed E-state index contributed by atoms with van der Waals surface area (Å²) in [4.78, 5) is 12.6. The average molecular weight is 214 g/mol. The lowest BCUT2D eigenvalue weighted by Crippen LogP contribution is -2.04. The van der Waals surface area contributed by atoms with Crippen molar-refractivity contribution in [2.75, 3.05) is 5.73 Å². The van der Waals surface area contributed by atoms with Crippen LogP contribution in [-0.2, 0) is 6.42 Å². The van der Waals surface area contributed by atoms with Gasteiger partial charge in [-0.05, 0) is 12.5 Å². The molecule has 0 saturated carbocycles. The van der Waals surface area contributed by atoms with E-state index in [-0.39, 0.29) is 5.95 Å². The zero-order valence-electron chi connectivity index (χ0n) is 9.44. The van der Waals surface area contributed by atoms with Crippen LogP contribution in [0.5, 0.6) is 0 Å². The molecule has 2 N–H and O–H groups in total. The van der Waals surface area contributed by atoms with Gasteiger partial charge in [0.2, 0.25) is 5.95 Å². The van der Waals surface area contributed by atoms with Crippen LogP contribution in [-0.4, -0.2) is 15.0 Å². The van der Waals surface area contributed by atoms with Crippen LogP contribution in [0.15, 0.2) is 24.3 Å². The average Bonchev–Trinajstić information content (AvgIpc) is 2.28. The molecule has 0 bridgehead atoms. The fourth-order valence-corrected chi connectivity index (χ4v) is 1.54. The van der Waals surface area contributed by atoms with Crippen LogP contribution in [0.4, 0.5) is 5.95 Å². The van der Waals surface area contributed by atoms with Crippen LogP contribution in [0.3, 0.4) is 0 Å². The molecule has 1 heterocycles. The quantitative estimate of drug-likeness (QED) is 0.830. The molecule has 1 aromatic carbocycles. The number of rotatable bonds is 2. The normalized spacial score (nSPS) is 10.4. The van der Waals surface area contributed by atoms with Gasteiger partial charge in [-0.1, -0.05) is 31.2 Å². The van der Waals surface area contributed by atoms with Crippen molar-refractivity contribution in [2.24, 2.45) is 0 Å². The van der Waals surface area contributed by atoms with Gasteiger partial charge >= 0.3 is 0 Å². The molecule has 0 spiro atoms. The zero-order chi connectivity index (χ0) is 11.5. The molecule has 0 aliphatic rings. The molecule has 82 valence electrons. The van der Waals surface area contributed by atoms with Crippen LogP contribution in [0, 0.1) is 6.92 Å². The summed E-state index contributed by atoms with van der Waals surface area (Å²) >= 11 is 0.